The molecule has 1 aromatic rings. The maximum atomic E-state index is 11.8. The molecule has 1 amide bonds. The second kappa shape index (κ2) is 10.5. The van der Waals surface area contributed by atoms with Gasteiger partial charge in [0.05, 0.1) is 9.90 Å². The van der Waals surface area contributed by atoms with E-state index in [1.54, 1.807) is 6.07 Å². The Labute approximate surface area is 135 Å². The molecule has 0 saturated carbocycles. The molecule has 0 aliphatic heterocycles. The molecule has 5 heteroatoms. The summed E-state index contributed by atoms with van der Waals surface area (Å²) in [5.41, 5.74) is 0. The molecule has 0 aliphatic rings. The summed E-state index contributed by atoms with van der Waals surface area (Å²) >= 11 is 12.9. The van der Waals surface area contributed by atoms with Crippen molar-refractivity contribution in [2.45, 2.75) is 58.3 Å². The lowest BCUT2D eigenvalue weighted by Crippen LogP contribution is -2.23. The topological polar surface area (TPSA) is 29.1 Å². The molecule has 0 spiro atoms. The Kier molecular flexibility index (Phi) is 9.32. The van der Waals surface area contributed by atoms with Crippen LogP contribution in [0.15, 0.2) is 6.07 Å². The largest absolute Gasteiger partial charge is 0.351 e. The quantitative estimate of drug-likeness (QED) is 0.528. The highest BCUT2D eigenvalue weighted by molar-refractivity contribution is 7.18. The Morgan fingerprint density at radius 2 is 1.70 bits per heavy atom. The number of hydrogen-bond acceptors (Lipinski definition) is 2. The first kappa shape index (κ1) is 17.8. The van der Waals surface area contributed by atoms with E-state index < -0.39 is 0 Å². The summed E-state index contributed by atoms with van der Waals surface area (Å²) in [5, 5.41) is 3.36. The third-order valence-corrected chi connectivity index (χ3v) is 5.05. The van der Waals surface area contributed by atoms with E-state index in [-0.39, 0.29) is 5.91 Å². The summed E-state index contributed by atoms with van der Waals surface area (Å²) < 4.78 is 0.476. The molecule has 1 aromatic heterocycles. The number of unbranched alkanes of at least 4 members (excludes halogenated alkanes) is 7. The number of carbonyl (C=O) groups is 1. The van der Waals surface area contributed by atoms with Crippen LogP contribution in [0.1, 0.15) is 68.0 Å². The zero-order valence-electron chi connectivity index (χ0n) is 12.0. The second-order valence-electron chi connectivity index (χ2n) is 4.96. The highest BCUT2D eigenvalue weighted by Crippen LogP contribution is 2.31. The van der Waals surface area contributed by atoms with Crippen LogP contribution in [0.3, 0.4) is 0 Å². The average molecular weight is 336 g/mol. The van der Waals surface area contributed by atoms with E-state index in [0.717, 1.165) is 13.0 Å². The molecule has 0 saturated heterocycles. The van der Waals surface area contributed by atoms with E-state index in [4.69, 9.17) is 23.2 Å². The van der Waals surface area contributed by atoms with Gasteiger partial charge in [-0.05, 0) is 12.5 Å². The van der Waals surface area contributed by atoms with E-state index in [0.29, 0.717) is 14.2 Å². The number of nitrogens with one attached hydrogen (secondary N) is 1. The van der Waals surface area contributed by atoms with Crippen molar-refractivity contribution in [2.24, 2.45) is 0 Å². The summed E-state index contributed by atoms with van der Waals surface area (Å²) in [6, 6.07) is 1.62. The molecule has 0 atom stereocenters. The summed E-state index contributed by atoms with van der Waals surface area (Å²) in [6.45, 7) is 2.96. The number of amides is 1. The van der Waals surface area contributed by atoms with Crippen LogP contribution in [0.4, 0.5) is 0 Å². The molecule has 0 fully saturated rings. The Balaban J connectivity index is 2.02. The van der Waals surface area contributed by atoms with Crippen LogP contribution in [0, 0.1) is 0 Å². The van der Waals surface area contributed by atoms with Gasteiger partial charge in [-0.15, -0.1) is 11.3 Å². The molecule has 0 unspecified atom stereocenters. The van der Waals surface area contributed by atoms with Crippen molar-refractivity contribution in [1.82, 2.24) is 5.32 Å². The number of hydrogen-bond donors (Lipinski definition) is 1. The third kappa shape index (κ3) is 6.96. The van der Waals surface area contributed by atoms with Gasteiger partial charge >= 0.3 is 0 Å². The Bertz CT molecular complexity index is 387. The smallest absolute Gasteiger partial charge is 0.261 e. The normalized spacial score (nSPS) is 10.8. The Hall–Kier alpha value is -0.250. The lowest BCUT2D eigenvalue weighted by molar-refractivity contribution is 0.0957. The molecular formula is C15H23Cl2NOS. The minimum absolute atomic E-state index is 0.0771. The monoisotopic (exact) mass is 335 g/mol. The molecule has 1 heterocycles. The molecule has 20 heavy (non-hydrogen) atoms. The van der Waals surface area contributed by atoms with Gasteiger partial charge in [-0.2, -0.15) is 0 Å². The first-order valence-corrected chi connectivity index (χ1v) is 8.95. The maximum Gasteiger partial charge on any atom is 0.261 e. The summed E-state index contributed by atoms with van der Waals surface area (Å²) in [4.78, 5) is 12.4. The van der Waals surface area contributed by atoms with Gasteiger partial charge in [-0.3, -0.25) is 4.79 Å². The predicted molar refractivity (Wildman–Crippen MR) is 89.3 cm³/mol. The van der Waals surface area contributed by atoms with Crippen LogP contribution >= 0.6 is 34.5 Å². The van der Waals surface area contributed by atoms with Crippen LogP contribution in [0.25, 0.3) is 0 Å². The molecule has 0 bridgehead atoms. The van der Waals surface area contributed by atoms with Crippen LogP contribution in [-0.2, 0) is 0 Å². The Morgan fingerprint density at radius 1 is 1.10 bits per heavy atom. The van der Waals surface area contributed by atoms with Crippen molar-refractivity contribution >= 4 is 40.4 Å². The second-order valence-corrected chi connectivity index (χ2v) is 7.02. The number of rotatable bonds is 10. The first-order chi connectivity index (χ1) is 9.65. The SMILES string of the molecule is CCCCCCCCCCNC(=O)c1cc(Cl)c(Cl)s1. The predicted octanol–water partition coefficient (Wildman–Crippen LogP) is 5.93. The van der Waals surface area contributed by atoms with Crippen LogP contribution in [0.5, 0.6) is 0 Å². The molecule has 114 valence electrons. The van der Waals surface area contributed by atoms with Gasteiger partial charge in [0.15, 0.2) is 0 Å². The highest BCUT2D eigenvalue weighted by atomic mass is 35.5. The zero-order valence-corrected chi connectivity index (χ0v) is 14.3. The fourth-order valence-corrected chi connectivity index (χ4v) is 3.29. The molecule has 1 N–H and O–H groups in total. The highest BCUT2D eigenvalue weighted by Gasteiger charge is 2.11. The molecule has 0 aromatic carbocycles. The lowest BCUT2D eigenvalue weighted by Gasteiger charge is -2.04. The van der Waals surface area contributed by atoms with E-state index >= 15 is 0 Å². The van der Waals surface area contributed by atoms with Gasteiger partial charge in [0.1, 0.15) is 4.34 Å². The van der Waals surface area contributed by atoms with Crippen molar-refractivity contribution in [3.8, 4) is 0 Å². The molecule has 1 rings (SSSR count). The third-order valence-electron chi connectivity index (χ3n) is 3.18. The molecular weight excluding hydrogens is 313 g/mol. The molecule has 0 radical (unpaired) electrons. The van der Waals surface area contributed by atoms with E-state index in [9.17, 15) is 4.79 Å². The van der Waals surface area contributed by atoms with Crippen LogP contribution < -0.4 is 5.32 Å². The van der Waals surface area contributed by atoms with Crippen molar-refractivity contribution in [2.75, 3.05) is 6.54 Å². The van der Waals surface area contributed by atoms with Crippen molar-refractivity contribution in [3.63, 3.8) is 0 Å². The number of thiophene rings is 1. The number of carbonyl (C=O) groups excluding carboxylic acids is 1. The van der Waals surface area contributed by atoms with Gasteiger partial charge in [-0.25, -0.2) is 0 Å². The van der Waals surface area contributed by atoms with Gasteiger partial charge in [0, 0.05) is 6.54 Å². The van der Waals surface area contributed by atoms with Crippen LogP contribution in [-0.4, -0.2) is 12.5 Å². The van der Waals surface area contributed by atoms with Crippen LogP contribution in [0.2, 0.25) is 9.36 Å². The van der Waals surface area contributed by atoms with Gasteiger partial charge in [0.2, 0.25) is 0 Å². The zero-order chi connectivity index (χ0) is 14.8. The Morgan fingerprint density at radius 3 is 2.25 bits per heavy atom. The van der Waals surface area contributed by atoms with E-state index in [1.165, 1.54) is 56.3 Å². The van der Waals surface area contributed by atoms with Crippen molar-refractivity contribution in [1.29, 1.82) is 0 Å². The summed E-state index contributed by atoms with van der Waals surface area (Å²) in [5.74, 6) is -0.0771. The van der Waals surface area contributed by atoms with Gasteiger partial charge in [0.25, 0.3) is 5.91 Å². The molecule has 0 aliphatic carbocycles. The average Bonchev–Trinajstić information content (AvgIpc) is 2.77. The van der Waals surface area contributed by atoms with E-state index in [1.807, 2.05) is 0 Å². The minimum atomic E-state index is -0.0771. The number of halogens is 2. The summed E-state index contributed by atoms with van der Waals surface area (Å²) in [7, 11) is 0. The fourth-order valence-electron chi connectivity index (χ4n) is 2.01. The van der Waals surface area contributed by atoms with Gasteiger partial charge < -0.3 is 5.32 Å². The lowest BCUT2D eigenvalue weighted by atomic mass is 10.1. The standard InChI is InChI=1S/C15H23Cl2NOS/c1-2-3-4-5-6-7-8-9-10-18-15(19)13-11-12(16)14(17)20-13/h11H,2-10H2,1H3,(H,18,19). The van der Waals surface area contributed by atoms with Crippen molar-refractivity contribution < 1.29 is 4.79 Å². The van der Waals surface area contributed by atoms with Crippen molar-refractivity contribution in [3.05, 3.63) is 20.3 Å². The maximum absolute atomic E-state index is 11.8. The first-order valence-electron chi connectivity index (χ1n) is 7.38. The fraction of sp³-hybridized carbons (Fsp3) is 0.667. The van der Waals surface area contributed by atoms with Gasteiger partial charge in [-0.1, -0.05) is 75.1 Å². The molecule has 2 nitrogen and oxygen atoms in total. The van der Waals surface area contributed by atoms with E-state index in [2.05, 4.69) is 12.2 Å². The summed E-state index contributed by atoms with van der Waals surface area (Å²) in [6.07, 6.45) is 10.1. The minimum Gasteiger partial charge on any atom is -0.351 e.